The van der Waals surface area contributed by atoms with Crippen molar-refractivity contribution in [1.82, 2.24) is 14.5 Å². The predicted molar refractivity (Wildman–Crippen MR) is 96.0 cm³/mol. The first-order valence-electron chi connectivity index (χ1n) is 8.07. The first kappa shape index (κ1) is 17.2. The molecular formula is C16H25N3O2S2. The standard InChI is InChI=1S/C16H25N3O2S2/c1-13-16(18-8-10-19(11-9-18)23(2,20)21)22-12-15(17-13)14-6-4-3-5-7-14/h3-7,13,15-17H,8-12H2,1-2H3. The molecule has 0 spiro atoms. The van der Waals surface area contributed by atoms with E-state index in [1.807, 2.05) is 17.8 Å². The maximum Gasteiger partial charge on any atom is 0.211 e. The van der Waals surface area contributed by atoms with E-state index in [1.54, 1.807) is 4.31 Å². The number of benzene rings is 1. The van der Waals surface area contributed by atoms with Crippen LogP contribution < -0.4 is 5.32 Å². The average molecular weight is 356 g/mol. The molecule has 2 saturated heterocycles. The molecule has 2 aliphatic heterocycles. The van der Waals surface area contributed by atoms with Crippen molar-refractivity contribution in [3.8, 4) is 0 Å². The molecule has 2 fully saturated rings. The van der Waals surface area contributed by atoms with E-state index < -0.39 is 10.0 Å². The van der Waals surface area contributed by atoms with Gasteiger partial charge in [0.2, 0.25) is 10.0 Å². The molecule has 2 heterocycles. The summed E-state index contributed by atoms with van der Waals surface area (Å²) < 4.78 is 24.8. The van der Waals surface area contributed by atoms with Crippen molar-refractivity contribution in [3.05, 3.63) is 35.9 Å². The fourth-order valence-electron chi connectivity index (χ4n) is 3.38. The molecule has 1 aromatic rings. The van der Waals surface area contributed by atoms with E-state index in [2.05, 4.69) is 41.4 Å². The van der Waals surface area contributed by atoms with Gasteiger partial charge in [0.1, 0.15) is 0 Å². The van der Waals surface area contributed by atoms with Crippen LogP contribution in [0.4, 0.5) is 0 Å². The monoisotopic (exact) mass is 355 g/mol. The van der Waals surface area contributed by atoms with Gasteiger partial charge < -0.3 is 5.32 Å². The lowest BCUT2D eigenvalue weighted by Crippen LogP contribution is -2.57. The second-order valence-electron chi connectivity index (χ2n) is 6.34. The van der Waals surface area contributed by atoms with Crippen LogP contribution in [0.1, 0.15) is 18.5 Å². The highest BCUT2D eigenvalue weighted by Crippen LogP contribution is 2.32. The van der Waals surface area contributed by atoms with Crippen molar-refractivity contribution in [2.45, 2.75) is 24.4 Å². The lowest BCUT2D eigenvalue weighted by Gasteiger charge is -2.44. The Labute approximate surface area is 143 Å². The summed E-state index contributed by atoms with van der Waals surface area (Å²) in [5.74, 6) is 1.05. The van der Waals surface area contributed by atoms with Gasteiger partial charge >= 0.3 is 0 Å². The van der Waals surface area contributed by atoms with Crippen LogP contribution in [0.2, 0.25) is 0 Å². The van der Waals surface area contributed by atoms with Gasteiger partial charge in [-0.05, 0) is 12.5 Å². The van der Waals surface area contributed by atoms with Gasteiger partial charge in [-0.25, -0.2) is 8.42 Å². The van der Waals surface area contributed by atoms with Crippen molar-refractivity contribution >= 4 is 21.8 Å². The molecule has 5 nitrogen and oxygen atoms in total. The lowest BCUT2D eigenvalue weighted by atomic mass is 10.1. The van der Waals surface area contributed by atoms with Gasteiger partial charge in [-0.2, -0.15) is 4.31 Å². The van der Waals surface area contributed by atoms with E-state index >= 15 is 0 Å². The van der Waals surface area contributed by atoms with Gasteiger partial charge in [0.25, 0.3) is 0 Å². The fraction of sp³-hybridized carbons (Fsp3) is 0.625. The summed E-state index contributed by atoms with van der Waals surface area (Å²) in [6.07, 6.45) is 1.30. The summed E-state index contributed by atoms with van der Waals surface area (Å²) in [6.45, 7) is 5.06. The molecule has 0 aliphatic carbocycles. The molecule has 7 heteroatoms. The Bertz CT molecular complexity index is 615. The number of sulfonamides is 1. The van der Waals surface area contributed by atoms with E-state index in [4.69, 9.17) is 0 Å². The number of hydrogen-bond donors (Lipinski definition) is 1. The quantitative estimate of drug-likeness (QED) is 0.887. The molecule has 0 radical (unpaired) electrons. The largest absolute Gasteiger partial charge is 0.304 e. The number of hydrogen-bond acceptors (Lipinski definition) is 5. The summed E-state index contributed by atoms with van der Waals surface area (Å²) in [7, 11) is -3.05. The number of rotatable bonds is 3. The normalized spacial score (nSPS) is 31.1. The summed E-state index contributed by atoms with van der Waals surface area (Å²) >= 11 is 1.98. The third-order valence-electron chi connectivity index (χ3n) is 4.63. The van der Waals surface area contributed by atoms with Crippen molar-refractivity contribution in [2.24, 2.45) is 0 Å². The van der Waals surface area contributed by atoms with E-state index in [9.17, 15) is 8.42 Å². The molecule has 3 unspecified atom stereocenters. The van der Waals surface area contributed by atoms with E-state index in [0.717, 1.165) is 18.8 Å². The van der Waals surface area contributed by atoms with Gasteiger partial charge in [0, 0.05) is 44.0 Å². The third kappa shape index (κ3) is 4.09. The minimum absolute atomic E-state index is 0.378. The van der Waals surface area contributed by atoms with Crippen molar-refractivity contribution in [3.63, 3.8) is 0 Å². The number of nitrogens with zero attached hydrogens (tertiary/aromatic N) is 2. The number of piperazine rings is 1. The summed E-state index contributed by atoms with van der Waals surface area (Å²) in [5, 5.41) is 4.14. The molecule has 1 N–H and O–H groups in total. The molecule has 2 aliphatic rings. The Hall–Kier alpha value is -0.600. The van der Waals surface area contributed by atoms with Gasteiger partial charge in [0.05, 0.1) is 11.6 Å². The first-order valence-corrected chi connectivity index (χ1v) is 11.0. The zero-order valence-corrected chi connectivity index (χ0v) is 15.3. The molecule has 23 heavy (non-hydrogen) atoms. The minimum Gasteiger partial charge on any atom is -0.304 e. The first-order chi connectivity index (χ1) is 10.9. The molecule has 128 valence electrons. The molecule has 0 aromatic heterocycles. The third-order valence-corrected chi connectivity index (χ3v) is 7.51. The Morgan fingerprint density at radius 2 is 1.78 bits per heavy atom. The van der Waals surface area contributed by atoms with Crippen LogP contribution in [-0.2, 0) is 10.0 Å². The van der Waals surface area contributed by atoms with Crippen LogP contribution in [-0.4, -0.2) is 67.2 Å². The van der Waals surface area contributed by atoms with Crippen LogP contribution in [0, 0.1) is 0 Å². The average Bonchev–Trinajstić information content (AvgIpc) is 2.55. The van der Waals surface area contributed by atoms with Crippen LogP contribution >= 0.6 is 11.8 Å². The van der Waals surface area contributed by atoms with E-state index in [0.29, 0.717) is 30.5 Å². The van der Waals surface area contributed by atoms with E-state index in [1.165, 1.54) is 11.8 Å². The number of thioether (sulfide) groups is 1. The van der Waals surface area contributed by atoms with Crippen LogP contribution in [0.25, 0.3) is 0 Å². The number of nitrogens with one attached hydrogen (secondary N) is 1. The smallest absolute Gasteiger partial charge is 0.211 e. The Morgan fingerprint density at radius 3 is 2.35 bits per heavy atom. The van der Waals surface area contributed by atoms with Crippen LogP contribution in [0.5, 0.6) is 0 Å². The van der Waals surface area contributed by atoms with Crippen LogP contribution in [0.3, 0.4) is 0 Å². The predicted octanol–water partition coefficient (Wildman–Crippen LogP) is 1.36. The highest BCUT2D eigenvalue weighted by molar-refractivity contribution is 8.00. The Kier molecular flexibility index (Phi) is 5.32. The summed E-state index contributed by atoms with van der Waals surface area (Å²) in [4.78, 5) is 2.42. The zero-order chi connectivity index (χ0) is 16.4. The van der Waals surface area contributed by atoms with Gasteiger partial charge in [-0.15, -0.1) is 11.8 Å². The minimum atomic E-state index is -3.05. The molecule has 1 aromatic carbocycles. The van der Waals surface area contributed by atoms with Gasteiger partial charge in [-0.1, -0.05) is 30.3 Å². The van der Waals surface area contributed by atoms with Gasteiger partial charge in [-0.3, -0.25) is 4.90 Å². The summed E-state index contributed by atoms with van der Waals surface area (Å²) in [6, 6.07) is 11.3. The second-order valence-corrected chi connectivity index (χ2v) is 9.47. The zero-order valence-electron chi connectivity index (χ0n) is 13.7. The SMILES string of the molecule is CC1NC(c2ccccc2)CSC1N1CCN(S(C)(=O)=O)CC1. The fourth-order valence-corrected chi connectivity index (χ4v) is 5.67. The molecule has 0 bridgehead atoms. The maximum absolute atomic E-state index is 11.6. The van der Waals surface area contributed by atoms with E-state index in [-0.39, 0.29) is 0 Å². The molecule has 0 amide bonds. The van der Waals surface area contributed by atoms with Crippen molar-refractivity contribution < 1.29 is 8.42 Å². The molecule has 3 rings (SSSR count). The van der Waals surface area contributed by atoms with Crippen LogP contribution in [0.15, 0.2) is 30.3 Å². The maximum atomic E-state index is 11.6. The molecular weight excluding hydrogens is 330 g/mol. The highest BCUT2D eigenvalue weighted by atomic mass is 32.2. The molecule has 0 saturated carbocycles. The highest BCUT2D eigenvalue weighted by Gasteiger charge is 2.35. The van der Waals surface area contributed by atoms with Crippen molar-refractivity contribution in [2.75, 3.05) is 38.2 Å². The summed E-state index contributed by atoms with van der Waals surface area (Å²) in [5.41, 5.74) is 1.34. The topological polar surface area (TPSA) is 52.6 Å². The lowest BCUT2D eigenvalue weighted by molar-refractivity contribution is 0.153. The molecule has 3 atom stereocenters. The van der Waals surface area contributed by atoms with Gasteiger partial charge in [0.15, 0.2) is 0 Å². The second kappa shape index (κ2) is 7.11. The Morgan fingerprint density at radius 1 is 1.13 bits per heavy atom. The van der Waals surface area contributed by atoms with Crippen molar-refractivity contribution in [1.29, 1.82) is 0 Å². The Balaban J connectivity index is 1.57.